The molecule has 2 heterocycles. The van der Waals surface area contributed by atoms with Crippen LogP contribution in [-0.4, -0.2) is 27.8 Å². The lowest BCUT2D eigenvalue weighted by atomic mass is 10.1. The number of hydrogen-bond acceptors (Lipinski definition) is 5. The quantitative estimate of drug-likeness (QED) is 0.650. The van der Waals surface area contributed by atoms with E-state index in [-0.39, 0.29) is 17.9 Å². The van der Waals surface area contributed by atoms with Gasteiger partial charge in [0, 0.05) is 17.3 Å². The maximum Gasteiger partial charge on any atom is 0.250 e. The molecule has 1 aliphatic heterocycles. The molecule has 2 N–H and O–H groups in total. The number of nitrogens with zero attached hydrogens (tertiary/aromatic N) is 3. The zero-order valence-electron chi connectivity index (χ0n) is 16.2. The molecule has 1 aromatic heterocycles. The number of rotatable bonds is 5. The predicted octanol–water partition coefficient (Wildman–Crippen LogP) is 3.86. The number of ether oxygens (including phenoxy) is 1. The summed E-state index contributed by atoms with van der Waals surface area (Å²) in [7, 11) is 1.60. The van der Waals surface area contributed by atoms with Gasteiger partial charge in [0.15, 0.2) is 0 Å². The van der Waals surface area contributed by atoms with Crippen molar-refractivity contribution in [2.75, 3.05) is 17.7 Å². The Hall–Kier alpha value is -3.87. The van der Waals surface area contributed by atoms with Gasteiger partial charge in [0.2, 0.25) is 5.95 Å². The van der Waals surface area contributed by atoms with Gasteiger partial charge in [-0.15, -0.1) is 5.10 Å². The van der Waals surface area contributed by atoms with Crippen molar-refractivity contribution >= 4 is 23.9 Å². The third kappa shape index (κ3) is 4.03. The fraction of sp³-hybridized carbons (Fsp3) is 0.136. The minimum absolute atomic E-state index is 0.0882. The Morgan fingerprint density at radius 1 is 1.17 bits per heavy atom. The second kappa shape index (κ2) is 8.02. The van der Waals surface area contributed by atoms with Crippen LogP contribution >= 0.6 is 0 Å². The molecule has 4 rings (SSSR count). The average Bonchev–Trinajstić information content (AvgIpc) is 3.14. The third-order valence-corrected chi connectivity index (χ3v) is 4.54. The number of para-hydroxylation sites is 1. The molecular weight excluding hydrogens is 366 g/mol. The van der Waals surface area contributed by atoms with Crippen LogP contribution in [0.1, 0.15) is 24.1 Å². The van der Waals surface area contributed by atoms with E-state index in [0.717, 1.165) is 16.8 Å². The van der Waals surface area contributed by atoms with Crippen molar-refractivity contribution in [2.45, 2.75) is 13.0 Å². The van der Waals surface area contributed by atoms with Gasteiger partial charge in [0.25, 0.3) is 11.9 Å². The lowest BCUT2D eigenvalue weighted by molar-refractivity contribution is -0.111. The smallest absolute Gasteiger partial charge is 0.250 e. The van der Waals surface area contributed by atoms with Crippen molar-refractivity contribution in [3.63, 3.8) is 0 Å². The predicted molar refractivity (Wildman–Crippen MR) is 113 cm³/mol. The third-order valence-electron chi connectivity index (χ3n) is 4.54. The molecule has 1 aliphatic rings. The topological polar surface area (TPSA) is 81.1 Å². The van der Waals surface area contributed by atoms with Crippen molar-refractivity contribution in [1.29, 1.82) is 0 Å². The van der Waals surface area contributed by atoms with Crippen LogP contribution < -0.4 is 15.4 Å². The number of amides is 1. The Labute approximate surface area is 168 Å². The molecular formula is C22H21N5O2. The highest BCUT2D eigenvalue weighted by molar-refractivity contribution is 6.01. The molecule has 1 atom stereocenters. The van der Waals surface area contributed by atoms with Crippen LogP contribution in [-0.2, 0) is 4.79 Å². The van der Waals surface area contributed by atoms with E-state index < -0.39 is 0 Å². The summed E-state index contributed by atoms with van der Waals surface area (Å²) in [5, 5.41) is 10.4. The number of methoxy groups -OCH3 is 1. The zero-order chi connectivity index (χ0) is 20.2. The molecule has 29 heavy (non-hydrogen) atoms. The van der Waals surface area contributed by atoms with Crippen LogP contribution in [0.4, 0.5) is 11.9 Å². The van der Waals surface area contributed by atoms with E-state index in [0.29, 0.717) is 11.7 Å². The molecule has 0 saturated carbocycles. The van der Waals surface area contributed by atoms with Gasteiger partial charge < -0.3 is 10.1 Å². The largest absolute Gasteiger partial charge is 0.496 e. The molecule has 2 aromatic carbocycles. The number of carbonyl (C=O) groups excluding carboxylic acids is 1. The highest BCUT2D eigenvalue weighted by Gasteiger charge is 2.23. The van der Waals surface area contributed by atoms with Gasteiger partial charge in [-0.25, -0.2) is 4.68 Å². The molecule has 0 spiro atoms. The van der Waals surface area contributed by atoms with E-state index in [1.54, 1.807) is 17.9 Å². The maximum absolute atomic E-state index is 12.4. The van der Waals surface area contributed by atoms with Gasteiger partial charge in [0.1, 0.15) is 11.8 Å². The highest BCUT2D eigenvalue weighted by Crippen LogP contribution is 2.29. The van der Waals surface area contributed by atoms with E-state index in [1.807, 2.05) is 61.5 Å². The van der Waals surface area contributed by atoms with Crippen LogP contribution in [0.3, 0.4) is 0 Å². The standard InChI is InChI=1S/C22H21N5O2/c1-15-14-18(16-8-4-3-5-9-16)27-22(23-15)25-21(26-27)24-20(28)13-12-17-10-6-7-11-19(17)29-2/h3-14,18H,1-2H3,(H2,23,24,25,26,28)/b13-12+/t18-/m1/s1. The second-order valence-corrected chi connectivity index (χ2v) is 6.60. The summed E-state index contributed by atoms with van der Waals surface area (Å²) in [5.41, 5.74) is 2.88. The van der Waals surface area contributed by atoms with E-state index >= 15 is 0 Å². The first-order valence-corrected chi connectivity index (χ1v) is 9.23. The summed E-state index contributed by atoms with van der Waals surface area (Å²) in [5.74, 6) is 1.21. The molecule has 1 amide bonds. The Morgan fingerprint density at radius 3 is 2.72 bits per heavy atom. The van der Waals surface area contributed by atoms with Crippen molar-refractivity contribution in [3.8, 4) is 5.75 Å². The Morgan fingerprint density at radius 2 is 1.93 bits per heavy atom. The van der Waals surface area contributed by atoms with Crippen LogP contribution in [0.15, 0.2) is 72.4 Å². The first kappa shape index (κ1) is 18.5. The van der Waals surface area contributed by atoms with E-state index in [1.165, 1.54) is 6.08 Å². The number of benzene rings is 2. The minimum Gasteiger partial charge on any atom is -0.496 e. The fourth-order valence-corrected chi connectivity index (χ4v) is 3.19. The van der Waals surface area contributed by atoms with E-state index in [2.05, 4.69) is 26.8 Å². The molecule has 146 valence electrons. The molecule has 0 radical (unpaired) electrons. The Bertz CT molecular complexity index is 1090. The summed E-state index contributed by atoms with van der Waals surface area (Å²) in [6.07, 6.45) is 5.20. The van der Waals surface area contributed by atoms with Crippen molar-refractivity contribution in [2.24, 2.45) is 0 Å². The number of fused-ring (bicyclic) bond motifs is 1. The van der Waals surface area contributed by atoms with Crippen molar-refractivity contribution in [1.82, 2.24) is 14.8 Å². The maximum atomic E-state index is 12.4. The zero-order valence-corrected chi connectivity index (χ0v) is 16.2. The van der Waals surface area contributed by atoms with Gasteiger partial charge in [-0.3, -0.25) is 10.1 Å². The van der Waals surface area contributed by atoms with Gasteiger partial charge in [-0.05, 0) is 30.7 Å². The Balaban J connectivity index is 1.53. The molecule has 0 fully saturated rings. The molecule has 0 bridgehead atoms. The lowest BCUT2D eigenvalue weighted by Crippen LogP contribution is -2.19. The van der Waals surface area contributed by atoms with Crippen LogP contribution in [0, 0.1) is 0 Å². The number of aromatic nitrogens is 3. The van der Waals surface area contributed by atoms with Crippen molar-refractivity contribution < 1.29 is 9.53 Å². The number of anilines is 2. The van der Waals surface area contributed by atoms with Gasteiger partial charge >= 0.3 is 0 Å². The number of hydrogen-bond donors (Lipinski definition) is 2. The summed E-state index contributed by atoms with van der Waals surface area (Å²) >= 11 is 0. The average molecular weight is 387 g/mol. The fourth-order valence-electron chi connectivity index (χ4n) is 3.19. The summed E-state index contributed by atoms with van der Waals surface area (Å²) in [4.78, 5) is 16.8. The first-order valence-electron chi connectivity index (χ1n) is 9.23. The molecule has 7 heteroatoms. The summed E-state index contributed by atoms with van der Waals surface area (Å²) in [6.45, 7) is 1.97. The molecule has 7 nitrogen and oxygen atoms in total. The first-order chi connectivity index (χ1) is 14.1. The van der Waals surface area contributed by atoms with Gasteiger partial charge in [-0.1, -0.05) is 48.5 Å². The molecule has 3 aromatic rings. The van der Waals surface area contributed by atoms with Gasteiger partial charge in [-0.2, -0.15) is 4.98 Å². The van der Waals surface area contributed by atoms with Crippen LogP contribution in [0.25, 0.3) is 6.08 Å². The number of nitrogens with one attached hydrogen (secondary N) is 2. The van der Waals surface area contributed by atoms with Crippen LogP contribution in [0.2, 0.25) is 0 Å². The normalized spacial score (nSPS) is 15.4. The lowest BCUT2D eigenvalue weighted by Gasteiger charge is -2.22. The molecule has 0 unspecified atom stereocenters. The minimum atomic E-state index is -0.320. The highest BCUT2D eigenvalue weighted by atomic mass is 16.5. The molecule has 0 aliphatic carbocycles. The van der Waals surface area contributed by atoms with Crippen LogP contribution in [0.5, 0.6) is 5.75 Å². The number of carbonyl (C=O) groups is 1. The number of allylic oxidation sites excluding steroid dienone is 2. The molecule has 0 saturated heterocycles. The van der Waals surface area contributed by atoms with Gasteiger partial charge in [0.05, 0.1) is 7.11 Å². The Kier molecular flexibility index (Phi) is 5.11. The van der Waals surface area contributed by atoms with Crippen molar-refractivity contribution in [3.05, 3.63) is 83.6 Å². The monoisotopic (exact) mass is 387 g/mol. The summed E-state index contributed by atoms with van der Waals surface area (Å²) in [6, 6.07) is 17.4. The van der Waals surface area contributed by atoms with E-state index in [4.69, 9.17) is 4.74 Å². The SMILES string of the molecule is COc1ccccc1/C=C/C(=O)Nc1nc2n(n1)[C@@H](c1ccccc1)C=C(C)N2. The summed E-state index contributed by atoms with van der Waals surface area (Å²) < 4.78 is 7.06. The second-order valence-electron chi connectivity index (χ2n) is 6.60. The van der Waals surface area contributed by atoms with E-state index in [9.17, 15) is 4.79 Å².